The number of nitrogens with zero attached hydrogens (tertiary/aromatic N) is 2. The molecule has 21 heavy (non-hydrogen) atoms. The number of likely N-dealkylation sites (N-methyl/N-ethyl adjacent to an activating group) is 1. The van der Waals surface area contributed by atoms with Crippen molar-refractivity contribution in [1.82, 2.24) is 9.80 Å². The molecule has 2 rings (SSSR count). The molecule has 0 saturated carbocycles. The second-order valence-electron chi connectivity index (χ2n) is 6.46. The molecule has 1 amide bonds. The van der Waals surface area contributed by atoms with E-state index < -0.39 is 0 Å². The predicted molar refractivity (Wildman–Crippen MR) is 84.5 cm³/mol. The average molecular weight is 290 g/mol. The molecule has 1 aliphatic heterocycles. The van der Waals surface area contributed by atoms with Gasteiger partial charge in [-0.05, 0) is 37.7 Å². The van der Waals surface area contributed by atoms with Gasteiger partial charge in [0.1, 0.15) is 0 Å². The number of rotatable bonds is 4. The highest BCUT2D eigenvalue weighted by molar-refractivity contribution is 5.94. The second-order valence-corrected chi connectivity index (χ2v) is 6.46. The van der Waals surface area contributed by atoms with Crippen LogP contribution >= 0.6 is 0 Å². The van der Waals surface area contributed by atoms with Crippen LogP contribution in [0.25, 0.3) is 0 Å². The van der Waals surface area contributed by atoms with Gasteiger partial charge >= 0.3 is 0 Å². The Morgan fingerprint density at radius 1 is 1.29 bits per heavy atom. The highest BCUT2D eigenvalue weighted by Crippen LogP contribution is 2.23. The van der Waals surface area contributed by atoms with Crippen LogP contribution in [0, 0.1) is 5.92 Å². The van der Waals surface area contributed by atoms with E-state index >= 15 is 0 Å². The summed E-state index contributed by atoms with van der Waals surface area (Å²) >= 11 is 0. The van der Waals surface area contributed by atoms with Crippen LogP contribution in [0.1, 0.15) is 35.7 Å². The Labute approximate surface area is 127 Å². The van der Waals surface area contributed by atoms with Gasteiger partial charge in [-0.25, -0.2) is 0 Å². The van der Waals surface area contributed by atoms with Gasteiger partial charge in [-0.1, -0.05) is 26.0 Å². The summed E-state index contributed by atoms with van der Waals surface area (Å²) in [5.74, 6) is 0.671. The Hall–Kier alpha value is -1.39. The fourth-order valence-corrected chi connectivity index (χ4v) is 2.98. The minimum Gasteiger partial charge on any atom is -0.396 e. The van der Waals surface area contributed by atoms with E-state index in [0.29, 0.717) is 19.0 Å². The maximum absolute atomic E-state index is 12.6. The molecule has 4 nitrogen and oxygen atoms in total. The molecule has 2 atom stereocenters. The van der Waals surface area contributed by atoms with Crippen molar-refractivity contribution < 1.29 is 9.90 Å². The monoisotopic (exact) mass is 290 g/mol. The van der Waals surface area contributed by atoms with Gasteiger partial charge in [0.25, 0.3) is 5.91 Å². The van der Waals surface area contributed by atoms with Crippen LogP contribution in [-0.4, -0.2) is 60.6 Å². The number of benzene rings is 1. The zero-order valence-corrected chi connectivity index (χ0v) is 13.4. The van der Waals surface area contributed by atoms with Crippen molar-refractivity contribution in [1.29, 1.82) is 0 Å². The first-order valence-corrected chi connectivity index (χ1v) is 7.60. The van der Waals surface area contributed by atoms with Crippen LogP contribution in [0.4, 0.5) is 0 Å². The summed E-state index contributed by atoms with van der Waals surface area (Å²) in [6.45, 7) is 5.72. The average Bonchev–Trinajstić information content (AvgIpc) is 2.91. The zero-order valence-electron chi connectivity index (χ0n) is 13.4. The molecule has 1 fully saturated rings. The topological polar surface area (TPSA) is 43.8 Å². The first kappa shape index (κ1) is 16.0. The van der Waals surface area contributed by atoms with E-state index in [-0.39, 0.29) is 24.5 Å². The van der Waals surface area contributed by atoms with Crippen molar-refractivity contribution in [3.8, 4) is 0 Å². The summed E-state index contributed by atoms with van der Waals surface area (Å²) in [4.78, 5) is 16.5. The third-order valence-electron chi connectivity index (χ3n) is 4.42. The van der Waals surface area contributed by atoms with Crippen LogP contribution in [-0.2, 0) is 0 Å². The summed E-state index contributed by atoms with van der Waals surface area (Å²) in [7, 11) is 4.00. The van der Waals surface area contributed by atoms with Gasteiger partial charge in [-0.2, -0.15) is 0 Å². The molecule has 0 spiro atoms. The minimum absolute atomic E-state index is 0.0631. The Morgan fingerprint density at radius 2 is 1.90 bits per heavy atom. The van der Waals surface area contributed by atoms with Crippen molar-refractivity contribution in [3.63, 3.8) is 0 Å². The van der Waals surface area contributed by atoms with Crippen LogP contribution in [0.5, 0.6) is 0 Å². The van der Waals surface area contributed by atoms with Crippen LogP contribution < -0.4 is 0 Å². The van der Waals surface area contributed by atoms with Crippen molar-refractivity contribution in [3.05, 3.63) is 35.4 Å². The van der Waals surface area contributed by atoms with Crippen molar-refractivity contribution >= 4 is 5.91 Å². The van der Waals surface area contributed by atoms with Crippen molar-refractivity contribution in [2.24, 2.45) is 5.92 Å². The lowest BCUT2D eigenvalue weighted by Crippen LogP contribution is -2.37. The fraction of sp³-hybridized carbons (Fsp3) is 0.588. The quantitative estimate of drug-likeness (QED) is 0.919. The van der Waals surface area contributed by atoms with E-state index in [1.165, 1.54) is 5.56 Å². The number of aliphatic hydroxyl groups is 1. The molecule has 1 N–H and O–H groups in total. The van der Waals surface area contributed by atoms with E-state index in [2.05, 4.69) is 18.7 Å². The highest BCUT2D eigenvalue weighted by Gasteiger charge is 2.36. The Morgan fingerprint density at radius 3 is 2.33 bits per heavy atom. The Bertz CT molecular complexity index is 482. The number of hydrogen-bond donors (Lipinski definition) is 1. The molecule has 0 unspecified atom stereocenters. The smallest absolute Gasteiger partial charge is 0.253 e. The number of carbonyl (C=O) groups excluding carboxylic acids is 1. The lowest BCUT2D eigenvalue weighted by Gasteiger charge is -2.23. The summed E-state index contributed by atoms with van der Waals surface area (Å²) in [6.07, 6.45) is 0. The molecular formula is C17H26N2O2. The fourth-order valence-electron chi connectivity index (χ4n) is 2.98. The van der Waals surface area contributed by atoms with Crippen molar-refractivity contribution in [2.75, 3.05) is 33.8 Å². The summed E-state index contributed by atoms with van der Waals surface area (Å²) in [6, 6.07) is 8.11. The second kappa shape index (κ2) is 6.58. The van der Waals surface area contributed by atoms with Gasteiger partial charge in [-0.15, -0.1) is 0 Å². The number of aliphatic hydroxyl groups excluding tert-OH is 1. The molecule has 0 aliphatic carbocycles. The third-order valence-corrected chi connectivity index (χ3v) is 4.42. The van der Waals surface area contributed by atoms with Gasteiger partial charge in [0.05, 0.1) is 0 Å². The summed E-state index contributed by atoms with van der Waals surface area (Å²) in [5.41, 5.74) is 1.97. The molecule has 1 heterocycles. The lowest BCUT2D eigenvalue weighted by molar-refractivity contribution is 0.0779. The molecule has 1 saturated heterocycles. The van der Waals surface area contributed by atoms with Crippen LogP contribution in [0.15, 0.2) is 24.3 Å². The summed E-state index contributed by atoms with van der Waals surface area (Å²) < 4.78 is 0. The third kappa shape index (κ3) is 3.44. The van der Waals surface area contributed by atoms with Crippen LogP contribution in [0.2, 0.25) is 0 Å². The molecule has 1 aromatic carbocycles. The standard InChI is InChI=1S/C17H26N2O2/c1-12(2)13-5-7-14(8-6-13)17(21)19-9-15(11-20)16(10-19)18(3)4/h5-8,12,15-16,20H,9-11H2,1-4H3/t15-,16+/m0/s1. The van der Waals surface area contributed by atoms with E-state index in [9.17, 15) is 9.90 Å². The first-order valence-electron chi connectivity index (χ1n) is 7.60. The van der Waals surface area contributed by atoms with Gasteiger partial charge in [0, 0.05) is 37.2 Å². The molecule has 1 aromatic rings. The normalized spacial score (nSPS) is 22.3. The van der Waals surface area contributed by atoms with Gasteiger partial charge < -0.3 is 14.9 Å². The molecule has 0 radical (unpaired) electrons. The van der Waals surface area contributed by atoms with Gasteiger partial charge in [-0.3, -0.25) is 4.79 Å². The van der Waals surface area contributed by atoms with E-state index in [0.717, 1.165) is 5.56 Å². The maximum Gasteiger partial charge on any atom is 0.253 e. The van der Waals surface area contributed by atoms with E-state index in [4.69, 9.17) is 0 Å². The minimum atomic E-state index is 0.0631. The predicted octanol–water partition coefficient (Wildman–Crippen LogP) is 1.80. The van der Waals surface area contributed by atoms with Gasteiger partial charge in [0.15, 0.2) is 0 Å². The molecule has 1 aliphatic rings. The Kier molecular flexibility index (Phi) is 5.01. The Balaban J connectivity index is 2.10. The number of carbonyl (C=O) groups is 1. The summed E-state index contributed by atoms with van der Waals surface area (Å²) in [5, 5.41) is 9.49. The molecule has 4 heteroatoms. The maximum atomic E-state index is 12.6. The lowest BCUT2D eigenvalue weighted by atomic mass is 10.0. The van der Waals surface area contributed by atoms with E-state index in [1.807, 2.05) is 43.3 Å². The van der Waals surface area contributed by atoms with Crippen LogP contribution in [0.3, 0.4) is 0 Å². The van der Waals surface area contributed by atoms with Gasteiger partial charge in [0.2, 0.25) is 0 Å². The molecule has 116 valence electrons. The zero-order chi connectivity index (χ0) is 15.6. The molecule has 0 aromatic heterocycles. The van der Waals surface area contributed by atoms with E-state index in [1.54, 1.807) is 0 Å². The molecule has 0 bridgehead atoms. The molecular weight excluding hydrogens is 264 g/mol. The highest BCUT2D eigenvalue weighted by atomic mass is 16.3. The number of hydrogen-bond acceptors (Lipinski definition) is 3. The number of likely N-dealkylation sites (tertiary alicyclic amines) is 1. The van der Waals surface area contributed by atoms with Crippen molar-refractivity contribution in [2.45, 2.75) is 25.8 Å². The SMILES string of the molecule is CC(C)c1ccc(C(=O)N2C[C@@H](CO)[C@H](N(C)C)C2)cc1. The largest absolute Gasteiger partial charge is 0.396 e. The first-order chi connectivity index (χ1) is 9.93. The number of amides is 1.